The lowest BCUT2D eigenvalue weighted by atomic mass is 9.78. The van der Waals surface area contributed by atoms with Crippen LogP contribution in [0.15, 0.2) is 42.5 Å². The van der Waals surface area contributed by atoms with Gasteiger partial charge in [-0.25, -0.2) is 9.18 Å². The number of carbonyl (C=O) groups excluding carboxylic acids is 1. The zero-order valence-corrected chi connectivity index (χ0v) is 19.6. The first-order valence-corrected chi connectivity index (χ1v) is 10.8. The molecule has 174 valence electrons. The second kappa shape index (κ2) is 10.3. The maximum absolute atomic E-state index is 14.4. The fourth-order valence-corrected chi connectivity index (χ4v) is 4.21. The molecule has 0 bridgehead atoms. The van der Waals surface area contributed by atoms with Crippen molar-refractivity contribution in [1.82, 2.24) is 4.90 Å². The average Bonchev–Trinajstić information content (AvgIpc) is 2.81. The summed E-state index contributed by atoms with van der Waals surface area (Å²) in [7, 11) is 8.56. The summed E-state index contributed by atoms with van der Waals surface area (Å²) in [5.74, 6) is 0.122. The Balaban J connectivity index is 1.70. The molecular weight excluding hydrogens is 411 g/mol. The van der Waals surface area contributed by atoms with E-state index in [4.69, 9.17) is 14.2 Å². The molecule has 0 N–H and O–H groups in total. The molecule has 0 atom stereocenters. The van der Waals surface area contributed by atoms with Crippen molar-refractivity contribution in [3.8, 4) is 5.75 Å². The molecule has 0 saturated heterocycles. The van der Waals surface area contributed by atoms with Crippen molar-refractivity contribution in [1.29, 1.82) is 0 Å². The molecule has 0 aromatic heterocycles. The quantitative estimate of drug-likeness (QED) is 0.606. The minimum Gasteiger partial charge on any atom is -0.489 e. The summed E-state index contributed by atoms with van der Waals surface area (Å²) in [4.78, 5) is 15.2. The summed E-state index contributed by atoms with van der Waals surface area (Å²) in [6.45, 7) is 0.292. The van der Waals surface area contributed by atoms with Crippen LogP contribution in [-0.4, -0.2) is 52.4 Å². The van der Waals surface area contributed by atoms with Gasteiger partial charge in [0.1, 0.15) is 18.2 Å². The predicted octanol–water partition coefficient (Wildman–Crippen LogP) is 4.95. The highest BCUT2D eigenvalue weighted by molar-refractivity contribution is 5.91. The van der Waals surface area contributed by atoms with Crippen LogP contribution in [-0.2, 0) is 21.7 Å². The molecule has 1 aliphatic rings. The van der Waals surface area contributed by atoms with Gasteiger partial charge >= 0.3 is 6.03 Å². The van der Waals surface area contributed by atoms with Gasteiger partial charge in [0, 0.05) is 47.1 Å². The lowest BCUT2D eigenvalue weighted by Crippen LogP contribution is -2.36. The summed E-state index contributed by atoms with van der Waals surface area (Å²) < 4.78 is 31.7. The molecule has 0 aliphatic heterocycles. The standard InChI is InChI=1S/C25H33FN2O4/c1-27(2)24(29)28(3)21-8-6-18(7-9-21)17-32-23-15-19(14-20(26)16-23)25(31-5)12-10-22(30-4)11-13-25/h6-9,14-16,22H,10-13,17H2,1-5H3. The molecule has 1 fully saturated rings. The van der Waals surface area contributed by atoms with Crippen LogP contribution in [0.1, 0.15) is 36.8 Å². The SMILES string of the molecule is COC1CCC(OC)(c2cc(F)cc(OCc3ccc(N(C)C(=O)N(C)C)cc3)c2)CC1. The lowest BCUT2D eigenvalue weighted by Gasteiger charge is -2.39. The Morgan fingerprint density at radius 2 is 1.72 bits per heavy atom. The molecular formula is C25H33FN2O4. The van der Waals surface area contributed by atoms with Gasteiger partial charge in [-0.15, -0.1) is 0 Å². The molecule has 2 aromatic carbocycles. The van der Waals surface area contributed by atoms with Crippen LogP contribution in [0, 0.1) is 5.82 Å². The first kappa shape index (κ1) is 24.0. The minimum atomic E-state index is -0.527. The van der Waals surface area contributed by atoms with Crippen LogP contribution in [0.25, 0.3) is 0 Å². The van der Waals surface area contributed by atoms with Gasteiger partial charge in [-0.1, -0.05) is 12.1 Å². The zero-order chi connectivity index (χ0) is 23.3. The molecule has 6 nitrogen and oxygen atoms in total. The highest BCUT2D eigenvalue weighted by Crippen LogP contribution is 2.42. The van der Waals surface area contributed by atoms with Crippen molar-refractivity contribution in [2.75, 3.05) is 40.3 Å². The number of urea groups is 1. The number of rotatable bonds is 7. The van der Waals surface area contributed by atoms with E-state index in [1.54, 1.807) is 40.3 Å². The smallest absolute Gasteiger partial charge is 0.323 e. The Bertz CT molecular complexity index is 909. The first-order chi connectivity index (χ1) is 15.3. The molecule has 0 radical (unpaired) electrons. The van der Waals surface area contributed by atoms with Crippen LogP contribution in [0.3, 0.4) is 0 Å². The van der Waals surface area contributed by atoms with Gasteiger partial charge < -0.3 is 19.1 Å². The number of halogens is 1. The van der Waals surface area contributed by atoms with Gasteiger partial charge in [-0.2, -0.15) is 0 Å². The molecule has 1 saturated carbocycles. The van der Waals surface area contributed by atoms with E-state index in [0.717, 1.165) is 42.5 Å². The van der Waals surface area contributed by atoms with E-state index in [9.17, 15) is 9.18 Å². The summed E-state index contributed by atoms with van der Waals surface area (Å²) in [5, 5.41) is 0. The Labute approximate surface area is 189 Å². The van der Waals surface area contributed by atoms with Crippen LogP contribution in [0.2, 0.25) is 0 Å². The van der Waals surface area contributed by atoms with E-state index < -0.39 is 5.60 Å². The van der Waals surface area contributed by atoms with Crippen molar-refractivity contribution in [2.24, 2.45) is 0 Å². The molecule has 2 amide bonds. The van der Waals surface area contributed by atoms with Crippen molar-refractivity contribution in [3.63, 3.8) is 0 Å². The number of hydrogen-bond donors (Lipinski definition) is 0. The average molecular weight is 445 g/mol. The van der Waals surface area contributed by atoms with E-state index >= 15 is 0 Å². The Morgan fingerprint density at radius 1 is 1.06 bits per heavy atom. The summed E-state index contributed by atoms with van der Waals surface area (Å²) in [6, 6.07) is 12.2. The number of anilines is 1. The number of carbonyl (C=O) groups is 1. The monoisotopic (exact) mass is 444 g/mol. The third-order valence-corrected chi connectivity index (χ3v) is 6.26. The van der Waals surface area contributed by atoms with E-state index in [0.29, 0.717) is 12.4 Å². The van der Waals surface area contributed by atoms with Gasteiger partial charge in [0.2, 0.25) is 0 Å². The fraction of sp³-hybridized carbons (Fsp3) is 0.480. The maximum atomic E-state index is 14.4. The largest absolute Gasteiger partial charge is 0.489 e. The van der Waals surface area contributed by atoms with Crippen molar-refractivity contribution >= 4 is 11.7 Å². The van der Waals surface area contributed by atoms with Crippen molar-refractivity contribution < 1.29 is 23.4 Å². The molecule has 3 rings (SSSR count). The zero-order valence-electron chi connectivity index (χ0n) is 19.6. The van der Waals surface area contributed by atoms with Crippen LogP contribution in [0.4, 0.5) is 14.9 Å². The van der Waals surface area contributed by atoms with Gasteiger partial charge in [-0.05, 0) is 61.1 Å². The number of nitrogens with zero attached hydrogens (tertiary/aromatic N) is 2. The first-order valence-electron chi connectivity index (χ1n) is 10.8. The van der Waals surface area contributed by atoms with E-state index in [-0.39, 0.29) is 18.0 Å². The third kappa shape index (κ3) is 5.40. The van der Waals surface area contributed by atoms with E-state index in [1.807, 2.05) is 30.3 Å². The third-order valence-electron chi connectivity index (χ3n) is 6.26. The number of ether oxygens (including phenoxy) is 3. The van der Waals surface area contributed by atoms with Crippen LogP contribution < -0.4 is 9.64 Å². The van der Waals surface area contributed by atoms with Gasteiger partial charge in [0.25, 0.3) is 0 Å². The van der Waals surface area contributed by atoms with E-state index in [2.05, 4.69) is 0 Å². The predicted molar refractivity (Wildman–Crippen MR) is 123 cm³/mol. The number of benzene rings is 2. The van der Waals surface area contributed by atoms with Crippen molar-refractivity contribution in [3.05, 3.63) is 59.4 Å². The normalized spacial score (nSPS) is 20.6. The number of hydrogen-bond acceptors (Lipinski definition) is 4. The molecule has 0 spiro atoms. The summed E-state index contributed by atoms with van der Waals surface area (Å²) in [5.41, 5.74) is 1.98. The summed E-state index contributed by atoms with van der Waals surface area (Å²) >= 11 is 0. The molecule has 32 heavy (non-hydrogen) atoms. The molecule has 2 aromatic rings. The van der Waals surface area contributed by atoms with Crippen LogP contribution in [0.5, 0.6) is 5.75 Å². The highest BCUT2D eigenvalue weighted by Gasteiger charge is 2.37. The Morgan fingerprint density at radius 3 is 2.28 bits per heavy atom. The second-order valence-corrected chi connectivity index (χ2v) is 8.50. The van der Waals surface area contributed by atoms with Gasteiger partial charge in [0.05, 0.1) is 11.7 Å². The lowest BCUT2D eigenvalue weighted by molar-refractivity contribution is -0.0764. The van der Waals surface area contributed by atoms with Gasteiger partial charge in [0.15, 0.2) is 0 Å². The van der Waals surface area contributed by atoms with Gasteiger partial charge in [-0.3, -0.25) is 4.90 Å². The number of amides is 2. The molecule has 1 aliphatic carbocycles. The highest BCUT2D eigenvalue weighted by atomic mass is 19.1. The summed E-state index contributed by atoms with van der Waals surface area (Å²) in [6.07, 6.45) is 3.50. The fourth-order valence-electron chi connectivity index (χ4n) is 4.21. The Kier molecular flexibility index (Phi) is 7.74. The Hall–Kier alpha value is -2.64. The van der Waals surface area contributed by atoms with Crippen LogP contribution >= 0.6 is 0 Å². The number of methoxy groups -OCH3 is 2. The topological polar surface area (TPSA) is 51.2 Å². The minimum absolute atomic E-state index is 0.104. The maximum Gasteiger partial charge on any atom is 0.323 e. The van der Waals surface area contributed by atoms with E-state index in [1.165, 1.54) is 17.0 Å². The molecule has 0 unspecified atom stereocenters. The second-order valence-electron chi connectivity index (χ2n) is 8.50. The molecule has 7 heteroatoms. The molecule has 0 heterocycles. The van der Waals surface area contributed by atoms with Crippen molar-refractivity contribution in [2.45, 2.75) is 44.0 Å².